The predicted molar refractivity (Wildman–Crippen MR) is 102 cm³/mol. The molecule has 0 amide bonds. The third-order valence-corrected chi connectivity index (χ3v) is 5.79. The average Bonchev–Trinajstić information content (AvgIpc) is 2.57. The zero-order valence-corrected chi connectivity index (χ0v) is 15.8. The molecule has 1 nitrogen and oxygen atoms in total. The number of halogens is 2. The largest absolute Gasteiger partial charge is 0.303 e. The highest BCUT2D eigenvalue weighted by Gasteiger charge is 2.15. The van der Waals surface area contributed by atoms with Crippen LogP contribution in [-0.2, 0) is 6.54 Å². The Morgan fingerprint density at radius 1 is 0.909 bits per heavy atom. The molecule has 3 rings (SSSR count). The number of rotatable bonds is 4. The van der Waals surface area contributed by atoms with Crippen LogP contribution in [0.25, 0.3) is 0 Å². The first-order valence-electron chi connectivity index (χ1n) is 8.01. The van der Waals surface area contributed by atoms with Crippen molar-refractivity contribution >= 4 is 37.8 Å². The Hall–Kier alpha value is -0.800. The molecule has 0 N–H and O–H groups in total. The highest BCUT2D eigenvalue weighted by atomic mass is 79.9. The summed E-state index contributed by atoms with van der Waals surface area (Å²) in [5, 5.41) is 0. The third kappa shape index (κ3) is 3.94. The molecule has 0 aromatic heterocycles. The SMILES string of the molecule is Brc1ccccc1N(Br)Cc1ccc(C2CCCCC2)cc1. The molecule has 0 bridgehead atoms. The summed E-state index contributed by atoms with van der Waals surface area (Å²) < 4.78 is 3.21. The number of para-hydroxylation sites is 1. The lowest BCUT2D eigenvalue weighted by molar-refractivity contribution is 0.443. The fourth-order valence-electron chi connectivity index (χ4n) is 3.23. The van der Waals surface area contributed by atoms with Crippen LogP contribution in [-0.4, -0.2) is 0 Å². The molecule has 116 valence electrons. The number of benzene rings is 2. The maximum atomic E-state index is 3.67. The Balaban J connectivity index is 1.67. The van der Waals surface area contributed by atoms with E-state index >= 15 is 0 Å². The second-order valence-corrected chi connectivity index (χ2v) is 7.76. The van der Waals surface area contributed by atoms with Gasteiger partial charge < -0.3 is 3.93 Å². The number of nitrogens with zero attached hydrogens (tertiary/aromatic N) is 1. The van der Waals surface area contributed by atoms with Crippen molar-refractivity contribution in [2.45, 2.75) is 44.6 Å². The molecule has 0 saturated heterocycles. The Morgan fingerprint density at radius 3 is 2.27 bits per heavy atom. The summed E-state index contributed by atoms with van der Waals surface area (Å²) in [4.78, 5) is 0. The molecule has 0 spiro atoms. The Bertz CT molecular complexity index is 603. The summed E-state index contributed by atoms with van der Waals surface area (Å²) in [7, 11) is 0. The molecule has 1 saturated carbocycles. The second kappa shape index (κ2) is 7.65. The van der Waals surface area contributed by atoms with E-state index in [0.29, 0.717) is 0 Å². The van der Waals surface area contributed by atoms with Crippen LogP contribution in [0.15, 0.2) is 53.0 Å². The standard InChI is InChI=1S/C19H21Br2N/c20-18-8-4-5-9-19(18)22(21)14-15-10-12-17(13-11-15)16-6-2-1-3-7-16/h4-5,8-13,16H,1-3,6-7,14H2. The summed E-state index contributed by atoms with van der Waals surface area (Å²) in [5.74, 6) is 0.783. The Kier molecular flexibility index (Phi) is 5.59. The highest BCUT2D eigenvalue weighted by Crippen LogP contribution is 2.33. The van der Waals surface area contributed by atoms with Gasteiger partial charge in [-0.25, -0.2) is 0 Å². The Morgan fingerprint density at radius 2 is 1.59 bits per heavy atom. The van der Waals surface area contributed by atoms with E-state index in [-0.39, 0.29) is 0 Å². The van der Waals surface area contributed by atoms with Crippen molar-refractivity contribution in [2.75, 3.05) is 3.93 Å². The van der Waals surface area contributed by atoms with Gasteiger partial charge in [0.05, 0.1) is 28.4 Å². The normalized spacial score (nSPS) is 15.7. The second-order valence-electron chi connectivity index (χ2n) is 6.05. The van der Waals surface area contributed by atoms with Gasteiger partial charge in [0.2, 0.25) is 0 Å². The van der Waals surface area contributed by atoms with Crippen LogP contribution in [0.4, 0.5) is 5.69 Å². The van der Waals surface area contributed by atoms with Crippen LogP contribution < -0.4 is 3.93 Å². The molecule has 0 aliphatic heterocycles. The first kappa shape index (κ1) is 16.1. The zero-order valence-electron chi connectivity index (χ0n) is 12.6. The van der Waals surface area contributed by atoms with E-state index < -0.39 is 0 Å². The van der Waals surface area contributed by atoms with Crippen LogP contribution in [0.1, 0.15) is 49.1 Å². The predicted octanol–water partition coefficient (Wildman–Crippen LogP) is 6.81. The first-order valence-corrected chi connectivity index (χ1v) is 9.51. The molecule has 0 atom stereocenters. The van der Waals surface area contributed by atoms with Crippen LogP contribution in [0.3, 0.4) is 0 Å². The summed E-state index contributed by atoms with van der Waals surface area (Å²) in [6, 6.07) is 17.5. The summed E-state index contributed by atoms with van der Waals surface area (Å²) in [6.45, 7) is 0.855. The van der Waals surface area contributed by atoms with Crippen molar-refractivity contribution in [3.8, 4) is 0 Å². The van der Waals surface area contributed by atoms with Gasteiger partial charge in [0.25, 0.3) is 0 Å². The molecule has 0 radical (unpaired) electrons. The van der Waals surface area contributed by atoms with Gasteiger partial charge in [-0.3, -0.25) is 0 Å². The maximum Gasteiger partial charge on any atom is 0.0616 e. The van der Waals surface area contributed by atoms with Crippen molar-refractivity contribution in [2.24, 2.45) is 0 Å². The van der Waals surface area contributed by atoms with E-state index in [0.717, 1.165) is 22.6 Å². The van der Waals surface area contributed by atoms with Crippen molar-refractivity contribution in [3.63, 3.8) is 0 Å². The van der Waals surface area contributed by atoms with Gasteiger partial charge in [-0.05, 0) is 57.9 Å². The lowest BCUT2D eigenvalue weighted by Crippen LogP contribution is -2.10. The lowest BCUT2D eigenvalue weighted by atomic mass is 9.84. The summed E-state index contributed by atoms with van der Waals surface area (Å²) in [5.41, 5.74) is 4.00. The molecule has 3 heteroatoms. The van der Waals surface area contributed by atoms with E-state index in [1.807, 2.05) is 6.07 Å². The number of hydrogen-bond acceptors (Lipinski definition) is 1. The van der Waals surface area contributed by atoms with Crippen LogP contribution in [0, 0.1) is 0 Å². The molecule has 2 aromatic rings. The summed E-state index contributed by atoms with van der Waals surface area (Å²) in [6.07, 6.45) is 6.92. The van der Waals surface area contributed by atoms with E-state index in [4.69, 9.17) is 0 Å². The third-order valence-electron chi connectivity index (χ3n) is 4.49. The van der Waals surface area contributed by atoms with Gasteiger partial charge in [0.15, 0.2) is 0 Å². The fraction of sp³-hybridized carbons (Fsp3) is 0.368. The minimum atomic E-state index is 0.783. The zero-order chi connectivity index (χ0) is 15.4. The minimum absolute atomic E-state index is 0.783. The van der Waals surface area contributed by atoms with E-state index in [9.17, 15) is 0 Å². The van der Waals surface area contributed by atoms with Gasteiger partial charge in [0, 0.05) is 4.47 Å². The molecule has 1 aliphatic carbocycles. The fourth-order valence-corrected chi connectivity index (χ4v) is 4.56. The molecule has 0 heterocycles. The van der Waals surface area contributed by atoms with Crippen molar-refractivity contribution in [1.82, 2.24) is 0 Å². The van der Waals surface area contributed by atoms with Crippen LogP contribution in [0.5, 0.6) is 0 Å². The average molecular weight is 423 g/mol. The molecule has 0 unspecified atom stereocenters. The highest BCUT2D eigenvalue weighted by molar-refractivity contribution is 9.11. The van der Waals surface area contributed by atoms with Crippen molar-refractivity contribution < 1.29 is 0 Å². The molecule has 22 heavy (non-hydrogen) atoms. The van der Waals surface area contributed by atoms with Crippen molar-refractivity contribution in [1.29, 1.82) is 0 Å². The molecular weight excluding hydrogens is 402 g/mol. The monoisotopic (exact) mass is 421 g/mol. The quantitative estimate of drug-likeness (QED) is 0.489. The topological polar surface area (TPSA) is 3.24 Å². The maximum absolute atomic E-state index is 3.67. The molecule has 1 fully saturated rings. The van der Waals surface area contributed by atoms with Crippen LogP contribution in [0.2, 0.25) is 0 Å². The smallest absolute Gasteiger partial charge is 0.0616 e. The van der Waals surface area contributed by atoms with Gasteiger partial charge in [0.1, 0.15) is 0 Å². The lowest BCUT2D eigenvalue weighted by Gasteiger charge is -2.22. The van der Waals surface area contributed by atoms with E-state index in [1.165, 1.54) is 43.2 Å². The van der Waals surface area contributed by atoms with Gasteiger partial charge >= 0.3 is 0 Å². The van der Waals surface area contributed by atoms with E-state index in [1.54, 1.807) is 0 Å². The summed E-state index contributed by atoms with van der Waals surface area (Å²) >= 11 is 7.27. The Labute approximate surface area is 150 Å². The number of anilines is 1. The van der Waals surface area contributed by atoms with E-state index in [2.05, 4.69) is 78.5 Å². The molecule has 1 aliphatic rings. The number of hydrogen-bond donors (Lipinski definition) is 0. The van der Waals surface area contributed by atoms with Gasteiger partial charge in [-0.15, -0.1) is 0 Å². The first-order chi connectivity index (χ1) is 10.7. The molecule has 2 aromatic carbocycles. The van der Waals surface area contributed by atoms with Gasteiger partial charge in [-0.1, -0.05) is 55.7 Å². The van der Waals surface area contributed by atoms with Gasteiger partial charge in [-0.2, -0.15) is 0 Å². The van der Waals surface area contributed by atoms with Crippen LogP contribution >= 0.6 is 32.1 Å². The minimum Gasteiger partial charge on any atom is -0.303 e. The molecular formula is C19H21Br2N. The van der Waals surface area contributed by atoms with Crippen molar-refractivity contribution in [3.05, 3.63) is 64.1 Å².